The summed E-state index contributed by atoms with van der Waals surface area (Å²) in [5.74, 6) is 1.43. The number of rotatable bonds is 5. The SMILES string of the molecule is CC(C)c1cccc(OCC(C)c2cccc3[nH]ccc23)n1. The number of ether oxygens (including phenoxy) is 1. The van der Waals surface area contributed by atoms with Gasteiger partial charge < -0.3 is 9.72 Å². The van der Waals surface area contributed by atoms with Gasteiger partial charge in [0.15, 0.2) is 0 Å². The molecule has 0 spiro atoms. The van der Waals surface area contributed by atoms with Crippen LogP contribution in [0.5, 0.6) is 5.88 Å². The van der Waals surface area contributed by atoms with Crippen LogP contribution < -0.4 is 4.74 Å². The van der Waals surface area contributed by atoms with E-state index in [1.54, 1.807) is 0 Å². The number of H-pyrrole nitrogens is 1. The van der Waals surface area contributed by atoms with Gasteiger partial charge in [-0.15, -0.1) is 0 Å². The number of pyridine rings is 1. The maximum atomic E-state index is 5.92. The molecule has 3 heteroatoms. The predicted octanol–water partition coefficient (Wildman–Crippen LogP) is 4.87. The topological polar surface area (TPSA) is 37.9 Å². The highest BCUT2D eigenvalue weighted by Crippen LogP contribution is 2.25. The van der Waals surface area contributed by atoms with Crippen molar-refractivity contribution in [3.05, 3.63) is 59.9 Å². The Morgan fingerprint density at radius 2 is 1.86 bits per heavy atom. The van der Waals surface area contributed by atoms with Gasteiger partial charge in [-0.2, -0.15) is 0 Å². The molecule has 0 aliphatic carbocycles. The summed E-state index contributed by atoms with van der Waals surface area (Å²) in [6.45, 7) is 7.09. The average molecular weight is 294 g/mol. The maximum Gasteiger partial charge on any atom is 0.213 e. The van der Waals surface area contributed by atoms with Crippen LogP contribution in [0, 0.1) is 0 Å². The van der Waals surface area contributed by atoms with Crippen LogP contribution in [0.1, 0.15) is 43.9 Å². The molecule has 0 saturated carbocycles. The fourth-order valence-electron chi connectivity index (χ4n) is 2.67. The molecule has 22 heavy (non-hydrogen) atoms. The Bertz CT molecular complexity index is 761. The molecule has 2 aromatic heterocycles. The number of aromatic nitrogens is 2. The van der Waals surface area contributed by atoms with Crippen molar-refractivity contribution in [2.24, 2.45) is 0 Å². The van der Waals surface area contributed by atoms with Crippen molar-refractivity contribution >= 4 is 10.9 Å². The molecule has 0 saturated heterocycles. The van der Waals surface area contributed by atoms with E-state index in [1.165, 1.54) is 16.5 Å². The minimum absolute atomic E-state index is 0.309. The number of nitrogens with zero attached hydrogens (tertiary/aromatic N) is 1. The molecule has 1 atom stereocenters. The van der Waals surface area contributed by atoms with Gasteiger partial charge >= 0.3 is 0 Å². The van der Waals surface area contributed by atoms with Gasteiger partial charge in [0, 0.05) is 34.8 Å². The molecule has 2 heterocycles. The van der Waals surface area contributed by atoms with E-state index in [1.807, 2.05) is 24.4 Å². The lowest BCUT2D eigenvalue weighted by molar-refractivity contribution is 0.284. The zero-order valence-electron chi connectivity index (χ0n) is 13.3. The van der Waals surface area contributed by atoms with Crippen molar-refractivity contribution in [1.29, 1.82) is 0 Å². The van der Waals surface area contributed by atoms with Crippen LogP contribution >= 0.6 is 0 Å². The first-order chi connectivity index (χ1) is 10.6. The fourth-order valence-corrected chi connectivity index (χ4v) is 2.67. The smallest absolute Gasteiger partial charge is 0.213 e. The first-order valence-corrected chi connectivity index (χ1v) is 7.81. The Kier molecular flexibility index (Phi) is 4.14. The molecule has 3 aromatic rings. The molecule has 114 valence electrons. The Hall–Kier alpha value is -2.29. The van der Waals surface area contributed by atoms with Gasteiger partial charge in [-0.05, 0) is 29.7 Å². The van der Waals surface area contributed by atoms with Crippen LogP contribution in [-0.4, -0.2) is 16.6 Å². The lowest BCUT2D eigenvalue weighted by Crippen LogP contribution is -2.09. The highest BCUT2D eigenvalue weighted by atomic mass is 16.5. The first kappa shape index (κ1) is 14.6. The van der Waals surface area contributed by atoms with Gasteiger partial charge in [-0.1, -0.05) is 39.0 Å². The summed E-state index contributed by atoms with van der Waals surface area (Å²) < 4.78 is 5.92. The van der Waals surface area contributed by atoms with E-state index in [0.29, 0.717) is 24.3 Å². The average Bonchev–Trinajstić information content (AvgIpc) is 3.01. The van der Waals surface area contributed by atoms with Gasteiger partial charge in [0.05, 0.1) is 6.61 Å². The van der Waals surface area contributed by atoms with Crippen molar-refractivity contribution in [3.8, 4) is 5.88 Å². The lowest BCUT2D eigenvalue weighted by atomic mass is 9.98. The third kappa shape index (κ3) is 2.98. The Morgan fingerprint density at radius 1 is 1.05 bits per heavy atom. The highest BCUT2D eigenvalue weighted by Gasteiger charge is 2.11. The normalized spacial score (nSPS) is 12.7. The zero-order chi connectivity index (χ0) is 15.5. The first-order valence-electron chi connectivity index (χ1n) is 7.81. The highest BCUT2D eigenvalue weighted by molar-refractivity contribution is 5.83. The summed E-state index contributed by atoms with van der Waals surface area (Å²) in [5.41, 5.74) is 3.54. The molecule has 3 nitrogen and oxygen atoms in total. The van der Waals surface area contributed by atoms with Gasteiger partial charge in [0.25, 0.3) is 0 Å². The van der Waals surface area contributed by atoms with Gasteiger partial charge in [0.2, 0.25) is 5.88 Å². The summed E-state index contributed by atoms with van der Waals surface area (Å²) in [4.78, 5) is 7.82. The monoisotopic (exact) mass is 294 g/mol. The van der Waals surface area contributed by atoms with E-state index in [-0.39, 0.29) is 0 Å². The molecular weight excluding hydrogens is 272 g/mol. The van der Waals surface area contributed by atoms with Gasteiger partial charge in [-0.3, -0.25) is 0 Å². The minimum atomic E-state index is 0.309. The number of fused-ring (bicyclic) bond motifs is 1. The molecule has 0 amide bonds. The van der Waals surface area contributed by atoms with Crippen molar-refractivity contribution in [3.63, 3.8) is 0 Å². The molecule has 1 unspecified atom stereocenters. The van der Waals surface area contributed by atoms with Crippen LogP contribution in [0.4, 0.5) is 0 Å². The molecular formula is C19H22N2O. The van der Waals surface area contributed by atoms with E-state index in [2.05, 4.69) is 55.0 Å². The minimum Gasteiger partial charge on any atom is -0.477 e. The maximum absolute atomic E-state index is 5.92. The number of hydrogen-bond donors (Lipinski definition) is 1. The molecule has 0 aliphatic rings. The van der Waals surface area contributed by atoms with E-state index in [9.17, 15) is 0 Å². The van der Waals surface area contributed by atoms with Crippen LogP contribution in [-0.2, 0) is 0 Å². The number of nitrogens with one attached hydrogen (secondary N) is 1. The predicted molar refractivity (Wildman–Crippen MR) is 90.5 cm³/mol. The summed E-state index contributed by atoms with van der Waals surface area (Å²) in [6.07, 6.45) is 1.98. The van der Waals surface area contributed by atoms with E-state index in [0.717, 1.165) is 5.69 Å². The Labute approximate surface area is 131 Å². The van der Waals surface area contributed by atoms with E-state index in [4.69, 9.17) is 4.74 Å². The van der Waals surface area contributed by atoms with Crippen molar-refractivity contribution in [2.45, 2.75) is 32.6 Å². The van der Waals surface area contributed by atoms with E-state index >= 15 is 0 Å². The summed E-state index contributed by atoms with van der Waals surface area (Å²) in [5, 5.41) is 1.27. The lowest BCUT2D eigenvalue weighted by Gasteiger charge is -2.15. The van der Waals surface area contributed by atoms with Gasteiger partial charge in [-0.25, -0.2) is 4.98 Å². The standard InChI is InChI=1S/C19H22N2O/c1-13(2)17-7-5-9-19(21-17)22-12-14(3)15-6-4-8-18-16(15)10-11-20-18/h4-11,13-14,20H,12H2,1-3H3. The summed E-state index contributed by atoms with van der Waals surface area (Å²) in [7, 11) is 0. The Morgan fingerprint density at radius 3 is 2.68 bits per heavy atom. The van der Waals surface area contributed by atoms with Crippen LogP contribution in [0.2, 0.25) is 0 Å². The molecule has 3 rings (SSSR count). The molecule has 0 aliphatic heterocycles. The van der Waals surface area contributed by atoms with Crippen molar-refractivity contribution < 1.29 is 4.74 Å². The fraction of sp³-hybridized carbons (Fsp3) is 0.316. The third-order valence-corrected chi connectivity index (χ3v) is 3.98. The molecule has 0 radical (unpaired) electrons. The Balaban J connectivity index is 1.73. The zero-order valence-corrected chi connectivity index (χ0v) is 13.3. The summed E-state index contributed by atoms with van der Waals surface area (Å²) >= 11 is 0. The van der Waals surface area contributed by atoms with Crippen LogP contribution in [0.25, 0.3) is 10.9 Å². The molecule has 1 N–H and O–H groups in total. The van der Waals surface area contributed by atoms with Crippen LogP contribution in [0.15, 0.2) is 48.7 Å². The number of benzene rings is 1. The second kappa shape index (κ2) is 6.22. The third-order valence-electron chi connectivity index (χ3n) is 3.98. The molecule has 1 aromatic carbocycles. The molecule has 0 bridgehead atoms. The second-order valence-electron chi connectivity index (χ2n) is 6.05. The van der Waals surface area contributed by atoms with Gasteiger partial charge in [0.1, 0.15) is 0 Å². The number of aromatic amines is 1. The van der Waals surface area contributed by atoms with Crippen LogP contribution in [0.3, 0.4) is 0 Å². The molecule has 0 fully saturated rings. The van der Waals surface area contributed by atoms with E-state index < -0.39 is 0 Å². The summed E-state index contributed by atoms with van der Waals surface area (Å²) in [6, 6.07) is 14.5. The largest absolute Gasteiger partial charge is 0.477 e. The second-order valence-corrected chi connectivity index (χ2v) is 6.05. The quantitative estimate of drug-likeness (QED) is 0.729. The number of hydrogen-bond acceptors (Lipinski definition) is 2. The van der Waals surface area contributed by atoms with Crippen molar-refractivity contribution in [1.82, 2.24) is 9.97 Å². The van der Waals surface area contributed by atoms with Crippen molar-refractivity contribution in [2.75, 3.05) is 6.61 Å².